The van der Waals surface area contributed by atoms with Gasteiger partial charge in [-0.3, -0.25) is 4.98 Å². The summed E-state index contributed by atoms with van der Waals surface area (Å²) in [7, 11) is 0. The summed E-state index contributed by atoms with van der Waals surface area (Å²) in [4.78, 5) is 4.05. The molecule has 3 heteroatoms. The van der Waals surface area contributed by atoms with E-state index in [4.69, 9.17) is 5.73 Å². The van der Waals surface area contributed by atoms with Gasteiger partial charge in [0.25, 0.3) is 0 Å². The van der Waals surface area contributed by atoms with Crippen molar-refractivity contribution in [3.63, 3.8) is 0 Å². The average Bonchev–Trinajstić information content (AvgIpc) is 2.19. The number of hydrogen-bond acceptors (Lipinski definition) is 2. The first kappa shape index (κ1) is 10.7. The lowest BCUT2D eigenvalue weighted by Gasteiger charge is -2.00. The van der Waals surface area contributed by atoms with Crippen molar-refractivity contribution in [2.24, 2.45) is 0 Å². The quantitative estimate of drug-likeness (QED) is 0.791. The van der Waals surface area contributed by atoms with E-state index in [0.29, 0.717) is 0 Å². The Hall–Kier alpha value is -1.35. The fraction of sp³-hybridized carbons (Fsp3) is 0. The summed E-state index contributed by atoms with van der Waals surface area (Å²) < 4.78 is 0. The van der Waals surface area contributed by atoms with Crippen LogP contribution in [-0.2, 0) is 0 Å². The molecule has 1 heterocycles. The third kappa shape index (κ3) is 2.33. The zero-order chi connectivity index (χ0) is 9.10. The lowest BCUT2D eigenvalue weighted by molar-refractivity contribution is 1.33. The first-order valence-electron chi connectivity index (χ1n) is 4.12. The van der Waals surface area contributed by atoms with Crippen LogP contribution in [0.5, 0.6) is 0 Å². The van der Waals surface area contributed by atoms with E-state index in [1.54, 1.807) is 6.20 Å². The molecule has 0 atom stereocenters. The molecule has 2 nitrogen and oxygen atoms in total. The molecule has 0 amide bonds. The van der Waals surface area contributed by atoms with Crippen LogP contribution in [0.3, 0.4) is 0 Å². The zero-order valence-corrected chi connectivity index (χ0v) is 9.26. The van der Waals surface area contributed by atoms with Crippen molar-refractivity contribution in [1.82, 2.24) is 4.98 Å². The van der Waals surface area contributed by atoms with Crippen molar-refractivity contribution in [2.75, 3.05) is 5.73 Å². The predicted octanol–water partition coefficient (Wildman–Crippen LogP) is 2.91. The highest BCUT2D eigenvalue weighted by molar-refractivity contribution is 8.93. The molecule has 0 fully saturated rings. The van der Waals surface area contributed by atoms with Gasteiger partial charge >= 0.3 is 0 Å². The molecule has 1 aromatic heterocycles. The molecular formula is C11H11BrN2. The third-order valence-corrected chi connectivity index (χ3v) is 1.88. The van der Waals surface area contributed by atoms with Crippen molar-refractivity contribution in [3.8, 4) is 11.1 Å². The minimum atomic E-state index is 0. The van der Waals surface area contributed by atoms with Gasteiger partial charge in [0, 0.05) is 23.6 Å². The second-order valence-corrected chi connectivity index (χ2v) is 2.87. The molecule has 0 aliphatic heterocycles. The molecule has 0 aliphatic rings. The van der Waals surface area contributed by atoms with Crippen LogP contribution in [0, 0.1) is 0 Å². The van der Waals surface area contributed by atoms with Gasteiger partial charge in [-0.05, 0) is 23.8 Å². The topological polar surface area (TPSA) is 38.9 Å². The predicted molar refractivity (Wildman–Crippen MR) is 64.4 cm³/mol. The van der Waals surface area contributed by atoms with E-state index in [-0.39, 0.29) is 17.0 Å². The largest absolute Gasteiger partial charge is 0.399 e. The molecule has 0 unspecified atom stereocenters. The number of benzene rings is 1. The van der Waals surface area contributed by atoms with Crippen LogP contribution in [0.1, 0.15) is 0 Å². The van der Waals surface area contributed by atoms with Crippen LogP contribution < -0.4 is 5.73 Å². The molecule has 0 aliphatic carbocycles. The number of aromatic nitrogens is 1. The highest BCUT2D eigenvalue weighted by Crippen LogP contribution is 2.19. The van der Waals surface area contributed by atoms with Gasteiger partial charge in [0.15, 0.2) is 0 Å². The number of nitrogens with zero attached hydrogens (tertiary/aromatic N) is 1. The number of rotatable bonds is 1. The summed E-state index contributed by atoms with van der Waals surface area (Å²) in [5.41, 5.74) is 8.65. The minimum absolute atomic E-state index is 0. The lowest BCUT2D eigenvalue weighted by Crippen LogP contribution is -1.85. The first-order chi connectivity index (χ1) is 6.36. The number of halogens is 1. The highest BCUT2D eigenvalue weighted by atomic mass is 79.9. The Morgan fingerprint density at radius 2 is 1.79 bits per heavy atom. The molecule has 2 rings (SSSR count). The maximum Gasteiger partial charge on any atom is 0.0346 e. The lowest BCUT2D eigenvalue weighted by atomic mass is 10.1. The monoisotopic (exact) mass is 250 g/mol. The van der Waals surface area contributed by atoms with Gasteiger partial charge in [-0.2, -0.15) is 0 Å². The summed E-state index contributed by atoms with van der Waals surface area (Å²) in [6.45, 7) is 0. The number of anilines is 1. The fourth-order valence-electron chi connectivity index (χ4n) is 1.25. The normalized spacial score (nSPS) is 9.14. The molecule has 72 valence electrons. The molecule has 0 saturated carbocycles. The maximum absolute atomic E-state index is 5.68. The van der Waals surface area contributed by atoms with Crippen molar-refractivity contribution in [2.45, 2.75) is 0 Å². The first-order valence-corrected chi connectivity index (χ1v) is 4.12. The Balaban J connectivity index is 0.000000980. The third-order valence-electron chi connectivity index (χ3n) is 1.88. The molecule has 14 heavy (non-hydrogen) atoms. The van der Waals surface area contributed by atoms with Crippen molar-refractivity contribution in [1.29, 1.82) is 0 Å². The SMILES string of the molecule is Br.Nc1cccc(-c2cccnc2)c1. The second-order valence-electron chi connectivity index (χ2n) is 2.87. The molecule has 2 N–H and O–H groups in total. The molecular weight excluding hydrogens is 240 g/mol. The Bertz CT molecular complexity index is 401. The average molecular weight is 251 g/mol. The Labute approximate surface area is 93.6 Å². The van der Waals surface area contributed by atoms with Crippen LogP contribution in [0.15, 0.2) is 48.8 Å². The van der Waals surface area contributed by atoms with Crippen LogP contribution in [-0.4, -0.2) is 4.98 Å². The van der Waals surface area contributed by atoms with E-state index >= 15 is 0 Å². The summed E-state index contributed by atoms with van der Waals surface area (Å²) in [6.07, 6.45) is 3.59. The summed E-state index contributed by atoms with van der Waals surface area (Å²) >= 11 is 0. The van der Waals surface area contributed by atoms with Gasteiger partial charge in [0.2, 0.25) is 0 Å². The molecule has 0 radical (unpaired) electrons. The molecule has 0 spiro atoms. The fourth-order valence-corrected chi connectivity index (χ4v) is 1.25. The standard InChI is InChI=1S/C11H10N2.BrH/c12-11-5-1-3-9(7-11)10-4-2-6-13-8-10;/h1-8H,12H2;1H. The summed E-state index contributed by atoms with van der Waals surface area (Å²) in [5.74, 6) is 0. The van der Waals surface area contributed by atoms with Gasteiger partial charge < -0.3 is 5.73 Å². The van der Waals surface area contributed by atoms with Gasteiger partial charge in [-0.25, -0.2) is 0 Å². The summed E-state index contributed by atoms with van der Waals surface area (Å²) in [6, 6.07) is 11.7. The van der Waals surface area contributed by atoms with Crippen molar-refractivity contribution in [3.05, 3.63) is 48.8 Å². The van der Waals surface area contributed by atoms with Crippen LogP contribution >= 0.6 is 17.0 Å². The smallest absolute Gasteiger partial charge is 0.0346 e. The summed E-state index contributed by atoms with van der Waals surface area (Å²) in [5, 5.41) is 0. The minimum Gasteiger partial charge on any atom is -0.399 e. The maximum atomic E-state index is 5.68. The number of nitrogen functional groups attached to an aromatic ring is 1. The Morgan fingerprint density at radius 1 is 1.00 bits per heavy atom. The van der Waals surface area contributed by atoms with Crippen molar-refractivity contribution < 1.29 is 0 Å². The molecule has 0 bridgehead atoms. The zero-order valence-electron chi connectivity index (χ0n) is 7.55. The van der Waals surface area contributed by atoms with E-state index in [1.807, 2.05) is 42.6 Å². The Morgan fingerprint density at radius 3 is 2.43 bits per heavy atom. The van der Waals surface area contributed by atoms with Crippen LogP contribution in [0.2, 0.25) is 0 Å². The van der Waals surface area contributed by atoms with E-state index < -0.39 is 0 Å². The Kier molecular flexibility index (Phi) is 3.65. The number of pyridine rings is 1. The highest BCUT2D eigenvalue weighted by Gasteiger charge is 1.95. The van der Waals surface area contributed by atoms with Crippen LogP contribution in [0.25, 0.3) is 11.1 Å². The van der Waals surface area contributed by atoms with Crippen LogP contribution in [0.4, 0.5) is 5.69 Å². The van der Waals surface area contributed by atoms with Gasteiger partial charge in [0.1, 0.15) is 0 Å². The molecule has 1 aromatic carbocycles. The molecule has 0 saturated heterocycles. The van der Waals surface area contributed by atoms with Gasteiger partial charge in [-0.1, -0.05) is 18.2 Å². The van der Waals surface area contributed by atoms with Gasteiger partial charge in [-0.15, -0.1) is 17.0 Å². The number of hydrogen-bond donors (Lipinski definition) is 1. The van der Waals surface area contributed by atoms with Gasteiger partial charge in [0.05, 0.1) is 0 Å². The second kappa shape index (κ2) is 4.77. The molecule has 2 aromatic rings. The van der Waals surface area contributed by atoms with E-state index in [0.717, 1.165) is 16.8 Å². The number of nitrogens with two attached hydrogens (primary N) is 1. The van der Waals surface area contributed by atoms with E-state index in [2.05, 4.69) is 4.98 Å². The van der Waals surface area contributed by atoms with Crippen molar-refractivity contribution >= 4 is 22.7 Å². The van der Waals surface area contributed by atoms with E-state index in [1.165, 1.54) is 0 Å². The van der Waals surface area contributed by atoms with E-state index in [9.17, 15) is 0 Å².